The molecule has 0 saturated carbocycles. The Hall–Kier alpha value is -2.02. The fourth-order valence-electron chi connectivity index (χ4n) is 1.46. The minimum absolute atomic E-state index is 0.0409. The number of hydrogen-bond acceptors (Lipinski definition) is 4. The van der Waals surface area contributed by atoms with Crippen LogP contribution in [0, 0.1) is 0 Å². The number of rotatable bonds is 6. The van der Waals surface area contributed by atoms with Crippen LogP contribution in [0.1, 0.15) is 31.1 Å². The number of carboxylic acids is 1. The Bertz CT molecular complexity index is 579. The summed E-state index contributed by atoms with van der Waals surface area (Å²) in [4.78, 5) is 22.8. The first-order valence-corrected chi connectivity index (χ1v) is 7.93. The quantitative estimate of drug-likeness (QED) is 0.769. The van der Waals surface area contributed by atoms with Crippen LogP contribution in [0.25, 0.3) is 0 Å². The number of carbonyl (C=O) groups is 2. The maximum Gasteiger partial charge on any atom is 0.407 e. The molecule has 0 saturated heterocycles. The topological polar surface area (TPSA) is 75.6 Å². The van der Waals surface area contributed by atoms with Gasteiger partial charge in [-0.25, -0.2) is 14.0 Å². The zero-order valence-corrected chi connectivity index (χ0v) is 14.1. The molecule has 2 N–H and O–H groups in total. The number of halogens is 1. The number of thioether (sulfide) groups is 1. The molecular weight excluding hydrogens is 321 g/mol. The van der Waals surface area contributed by atoms with Crippen molar-refractivity contribution in [3.8, 4) is 0 Å². The number of alkyl carbamates (subject to hydrolysis) is 1. The first-order valence-electron chi connectivity index (χ1n) is 6.95. The molecule has 0 aliphatic carbocycles. The van der Waals surface area contributed by atoms with Crippen LogP contribution in [0.2, 0.25) is 0 Å². The van der Waals surface area contributed by atoms with Crippen molar-refractivity contribution in [2.24, 2.45) is 0 Å². The van der Waals surface area contributed by atoms with Crippen molar-refractivity contribution < 1.29 is 23.8 Å². The predicted molar refractivity (Wildman–Crippen MR) is 87.6 cm³/mol. The van der Waals surface area contributed by atoms with Crippen LogP contribution in [0.4, 0.5) is 9.18 Å². The Kier molecular flexibility index (Phi) is 7.09. The number of carboxylic acid groups (broad SMARTS) is 1. The minimum Gasteiger partial charge on any atom is -0.478 e. The van der Waals surface area contributed by atoms with Gasteiger partial charge in [0.1, 0.15) is 11.4 Å². The molecule has 1 amide bonds. The van der Waals surface area contributed by atoms with E-state index in [4.69, 9.17) is 9.84 Å². The maximum atomic E-state index is 13.6. The molecule has 1 aromatic rings. The van der Waals surface area contributed by atoms with Crippen LogP contribution in [-0.2, 0) is 4.74 Å². The molecule has 0 aliphatic heterocycles. The van der Waals surface area contributed by atoms with E-state index in [-0.39, 0.29) is 23.7 Å². The molecular formula is C16H20FNO4S. The molecule has 1 rings (SSSR count). The van der Waals surface area contributed by atoms with Gasteiger partial charge < -0.3 is 15.2 Å². The van der Waals surface area contributed by atoms with Crippen molar-refractivity contribution >= 4 is 23.8 Å². The van der Waals surface area contributed by atoms with Crippen molar-refractivity contribution in [2.75, 3.05) is 12.3 Å². The summed E-state index contributed by atoms with van der Waals surface area (Å²) >= 11 is 1.24. The largest absolute Gasteiger partial charge is 0.478 e. The standard InChI is InChI=1S/C16H20FNO4S/c1-16(2,3)22-15(21)18-9-8-12(17)10-23-13-6-4-11(5-7-13)14(19)20/h4-8H,9-10H2,1-3H3,(H,18,21)(H,19,20)/b12-8-. The molecule has 0 aliphatic rings. The Labute approximate surface area is 138 Å². The third-order valence-electron chi connectivity index (χ3n) is 2.45. The number of carbonyl (C=O) groups excluding carboxylic acids is 1. The third kappa shape index (κ3) is 8.25. The van der Waals surface area contributed by atoms with Gasteiger partial charge in [-0.3, -0.25) is 0 Å². The van der Waals surface area contributed by atoms with Crippen molar-refractivity contribution in [1.82, 2.24) is 5.32 Å². The Morgan fingerprint density at radius 2 is 1.91 bits per heavy atom. The molecule has 5 nitrogen and oxygen atoms in total. The lowest BCUT2D eigenvalue weighted by Crippen LogP contribution is -2.32. The fraction of sp³-hybridized carbons (Fsp3) is 0.375. The monoisotopic (exact) mass is 341 g/mol. The summed E-state index contributed by atoms with van der Waals surface area (Å²) < 4.78 is 18.7. The van der Waals surface area contributed by atoms with E-state index in [0.29, 0.717) is 0 Å². The van der Waals surface area contributed by atoms with Gasteiger partial charge in [-0.1, -0.05) is 0 Å². The fourth-order valence-corrected chi connectivity index (χ4v) is 2.22. The van der Waals surface area contributed by atoms with Crippen molar-refractivity contribution in [3.63, 3.8) is 0 Å². The average Bonchev–Trinajstić information content (AvgIpc) is 2.43. The zero-order valence-electron chi connectivity index (χ0n) is 13.3. The smallest absolute Gasteiger partial charge is 0.407 e. The lowest BCUT2D eigenvalue weighted by Gasteiger charge is -2.19. The maximum absolute atomic E-state index is 13.6. The highest BCUT2D eigenvalue weighted by molar-refractivity contribution is 7.99. The number of ether oxygens (including phenoxy) is 1. The molecule has 23 heavy (non-hydrogen) atoms. The highest BCUT2D eigenvalue weighted by Gasteiger charge is 2.15. The average molecular weight is 341 g/mol. The van der Waals surface area contributed by atoms with Gasteiger partial charge in [-0.2, -0.15) is 0 Å². The highest BCUT2D eigenvalue weighted by Crippen LogP contribution is 2.21. The summed E-state index contributed by atoms with van der Waals surface area (Å²) in [6.45, 7) is 5.28. The van der Waals surface area contributed by atoms with Gasteiger partial charge in [0.15, 0.2) is 0 Å². The van der Waals surface area contributed by atoms with E-state index in [1.165, 1.54) is 30.0 Å². The Morgan fingerprint density at radius 3 is 2.43 bits per heavy atom. The molecule has 0 aromatic heterocycles. The van der Waals surface area contributed by atoms with Gasteiger partial charge in [0.25, 0.3) is 0 Å². The highest BCUT2D eigenvalue weighted by atomic mass is 32.2. The first kappa shape index (κ1) is 19.0. The van der Waals surface area contributed by atoms with E-state index < -0.39 is 17.7 Å². The summed E-state index contributed by atoms with van der Waals surface area (Å²) in [7, 11) is 0. The van der Waals surface area contributed by atoms with Crippen molar-refractivity contribution in [2.45, 2.75) is 31.3 Å². The summed E-state index contributed by atoms with van der Waals surface area (Å²) in [5, 5.41) is 11.2. The number of aromatic carboxylic acids is 1. The minimum atomic E-state index is -0.999. The molecule has 0 radical (unpaired) electrons. The van der Waals surface area contributed by atoms with Gasteiger partial charge in [0, 0.05) is 17.2 Å². The molecule has 1 aromatic carbocycles. The van der Waals surface area contributed by atoms with Crippen molar-refractivity contribution in [3.05, 3.63) is 41.7 Å². The molecule has 0 bridgehead atoms. The molecule has 0 spiro atoms. The van der Waals surface area contributed by atoms with Gasteiger partial charge >= 0.3 is 12.1 Å². The Morgan fingerprint density at radius 1 is 1.30 bits per heavy atom. The molecule has 7 heteroatoms. The van der Waals surface area contributed by atoms with Gasteiger partial charge in [0.05, 0.1) is 5.56 Å². The van der Waals surface area contributed by atoms with Crippen molar-refractivity contribution in [1.29, 1.82) is 0 Å². The number of nitrogens with one attached hydrogen (secondary N) is 1. The third-order valence-corrected chi connectivity index (χ3v) is 3.47. The Balaban J connectivity index is 2.36. The van der Waals surface area contributed by atoms with Crippen LogP contribution in [0.15, 0.2) is 41.1 Å². The van der Waals surface area contributed by atoms with E-state index in [9.17, 15) is 14.0 Å². The summed E-state index contributed by atoms with van der Waals surface area (Å²) in [6.07, 6.45) is 0.668. The molecule has 0 heterocycles. The number of benzene rings is 1. The molecule has 0 unspecified atom stereocenters. The lowest BCUT2D eigenvalue weighted by atomic mass is 10.2. The molecule has 0 fully saturated rings. The van der Waals surface area contributed by atoms with E-state index in [0.717, 1.165) is 4.90 Å². The summed E-state index contributed by atoms with van der Waals surface area (Å²) in [6, 6.07) is 6.19. The number of amides is 1. The van der Waals surface area contributed by atoms with Crippen LogP contribution in [-0.4, -0.2) is 35.1 Å². The van der Waals surface area contributed by atoms with Gasteiger partial charge in [0.2, 0.25) is 0 Å². The normalized spacial score (nSPS) is 11.9. The predicted octanol–water partition coefficient (Wildman–Crippen LogP) is 3.86. The molecule has 126 valence electrons. The van der Waals surface area contributed by atoms with E-state index in [1.807, 2.05) is 0 Å². The summed E-state index contributed by atoms with van der Waals surface area (Å²) in [5.74, 6) is -1.28. The van der Waals surface area contributed by atoms with Gasteiger partial charge in [-0.15, -0.1) is 11.8 Å². The van der Waals surface area contributed by atoms with Crippen LogP contribution in [0.5, 0.6) is 0 Å². The second-order valence-corrected chi connectivity index (χ2v) is 6.70. The summed E-state index contributed by atoms with van der Waals surface area (Å²) in [5.41, 5.74) is -0.406. The van der Waals surface area contributed by atoms with Crippen LogP contribution >= 0.6 is 11.8 Å². The first-order chi connectivity index (χ1) is 10.7. The zero-order chi connectivity index (χ0) is 17.5. The second-order valence-electron chi connectivity index (χ2n) is 5.65. The SMILES string of the molecule is CC(C)(C)OC(=O)NC/C=C(\F)CSc1ccc(C(=O)O)cc1. The molecule has 0 atom stereocenters. The van der Waals surface area contributed by atoms with Crippen LogP contribution in [0.3, 0.4) is 0 Å². The number of hydrogen-bond donors (Lipinski definition) is 2. The van der Waals surface area contributed by atoms with Crippen LogP contribution < -0.4 is 5.32 Å². The van der Waals surface area contributed by atoms with E-state index in [1.54, 1.807) is 32.9 Å². The second kappa shape index (κ2) is 8.57. The van der Waals surface area contributed by atoms with Gasteiger partial charge in [-0.05, 0) is 51.1 Å². The van der Waals surface area contributed by atoms with E-state index >= 15 is 0 Å². The van der Waals surface area contributed by atoms with E-state index in [2.05, 4.69) is 5.32 Å². The lowest BCUT2D eigenvalue weighted by molar-refractivity contribution is 0.0533.